The van der Waals surface area contributed by atoms with Crippen LogP contribution in [0.15, 0.2) is 113 Å². The van der Waals surface area contributed by atoms with Gasteiger partial charge in [-0.2, -0.15) is 0 Å². The van der Waals surface area contributed by atoms with Crippen molar-refractivity contribution in [2.75, 3.05) is 0 Å². The van der Waals surface area contributed by atoms with Crippen molar-refractivity contribution in [1.29, 1.82) is 0 Å². The first kappa shape index (κ1) is 22.2. The van der Waals surface area contributed by atoms with Gasteiger partial charge in [-0.3, -0.25) is 8.99 Å². The van der Waals surface area contributed by atoms with E-state index in [-0.39, 0.29) is 5.92 Å². The molecule has 1 atom stereocenters. The van der Waals surface area contributed by atoms with E-state index in [2.05, 4.69) is 131 Å². The molecule has 4 aromatic carbocycles. The van der Waals surface area contributed by atoms with Gasteiger partial charge in [0.1, 0.15) is 6.20 Å². The Kier molecular flexibility index (Phi) is 5.38. The zero-order valence-corrected chi connectivity index (χ0v) is 21.0. The van der Waals surface area contributed by atoms with Crippen molar-refractivity contribution in [3.8, 4) is 11.1 Å². The number of nitrogens with zero attached hydrogens (tertiary/aromatic N) is 1. The SMILES string of the molecule is C=[N+]1C=CC(C(C)c2ccccc2)=C[C-]1c1c(C)cc(C)c2c1[o+][c-]1ccc(-c3ccccc3)cc21. The number of allylic oxidation sites excluding steroid dienone is 2. The first-order chi connectivity index (χ1) is 17.5. The predicted molar refractivity (Wildman–Crippen MR) is 150 cm³/mol. The summed E-state index contributed by atoms with van der Waals surface area (Å²) >= 11 is 0. The van der Waals surface area contributed by atoms with Gasteiger partial charge < -0.3 is 0 Å². The van der Waals surface area contributed by atoms with Crippen LogP contribution in [0.5, 0.6) is 0 Å². The molecule has 1 aliphatic heterocycles. The van der Waals surface area contributed by atoms with Crippen LogP contribution in [-0.4, -0.2) is 11.3 Å². The third kappa shape index (κ3) is 3.67. The molecule has 36 heavy (non-hydrogen) atoms. The Labute approximate surface area is 212 Å². The molecule has 0 amide bonds. The lowest BCUT2D eigenvalue weighted by molar-refractivity contribution is -0.418. The number of rotatable bonds is 4. The van der Waals surface area contributed by atoms with E-state index in [1.165, 1.54) is 38.8 Å². The molecule has 1 unspecified atom stereocenters. The predicted octanol–water partition coefficient (Wildman–Crippen LogP) is 8.72. The highest BCUT2D eigenvalue weighted by molar-refractivity contribution is 6.09. The molecule has 5 aromatic rings. The third-order valence-corrected chi connectivity index (χ3v) is 7.36. The highest BCUT2D eigenvalue weighted by Gasteiger charge is 2.28. The van der Waals surface area contributed by atoms with Gasteiger partial charge in [-0.25, -0.2) is 0 Å². The quantitative estimate of drug-likeness (QED) is 0.146. The summed E-state index contributed by atoms with van der Waals surface area (Å²) in [6.07, 6.45) is 6.50. The molecule has 0 radical (unpaired) electrons. The summed E-state index contributed by atoms with van der Waals surface area (Å²) in [5.41, 5.74) is 10.3. The maximum absolute atomic E-state index is 6.59. The average molecular weight is 468 g/mol. The first-order valence-corrected chi connectivity index (χ1v) is 12.4. The van der Waals surface area contributed by atoms with Crippen LogP contribution in [0.4, 0.5) is 0 Å². The molecule has 0 bridgehead atoms. The number of furan rings is 1. The highest BCUT2D eigenvalue weighted by atomic mass is 16.3. The molecule has 176 valence electrons. The Morgan fingerprint density at radius 2 is 1.58 bits per heavy atom. The van der Waals surface area contributed by atoms with E-state index in [0.29, 0.717) is 0 Å². The van der Waals surface area contributed by atoms with Gasteiger partial charge in [0.25, 0.3) is 11.2 Å². The second kappa shape index (κ2) is 8.73. The van der Waals surface area contributed by atoms with Crippen LogP contribution in [0, 0.1) is 19.9 Å². The van der Waals surface area contributed by atoms with Gasteiger partial charge in [0.05, 0.1) is 12.3 Å². The van der Waals surface area contributed by atoms with Gasteiger partial charge >= 0.3 is 0 Å². The molecule has 0 saturated carbocycles. The van der Waals surface area contributed by atoms with Crippen LogP contribution < -0.4 is 0 Å². The number of hydrogen-bond donors (Lipinski definition) is 0. The summed E-state index contributed by atoms with van der Waals surface area (Å²) in [4.78, 5) is 0. The molecule has 0 N–H and O–H groups in total. The smallest absolute Gasteiger partial charge is 0.278 e. The lowest BCUT2D eigenvalue weighted by atomic mass is 9.87. The number of aryl methyl sites for hydroxylation is 2. The average Bonchev–Trinajstić information content (AvgIpc) is 3.29. The van der Waals surface area contributed by atoms with Crippen molar-refractivity contribution in [2.45, 2.75) is 26.7 Å². The Balaban J connectivity index is 1.52. The van der Waals surface area contributed by atoms with Crippen molar-refractivity contribution < 1.29 is 8.99 Å². The zero-order chi connectivity index (χ0) is 24.8. The highest BCUT2D eigenvalue weighted by Crippen LogP contribution is 2.41. The first-order valence-electron chi connectivity index (χ1n) is 12.4. The Bertz CT molecular complexity index is 1670. The molecule has 0 aliphatic carbocycles. The molecule has 0 fully saturated rings. The molecule has 6 rings (SSSR count). The van der Waals surface area contributed by atoms with Gasteiger partial charge in [0, 0.05) is 0 Å². The standard InChI is InChI=1S/C34H29NO/c1-22-19-23(2)33(30-21-27(17-18-35(30)4)24(3)25-11-7-5-8-12-25)34-32(22)29-20-28(15-16-31(29)36-34)26-13-9-6-10-14-26/h5-21,24H,4H2,1-3H3. The molecule has 0 spiro atoms. The second-order valence-corrected chi connectivity index (χ2v) is 9.72. The van der Waals surface area contributed by atoms with Gasteiger partial charge in [-0.15, -0.1) is 12.1 Å². The van der Waals surface area contributed by atoms with Crippen molar-refractivity contribution >= 4 is 28.7 Å². The van der Waals surface area contributed by atoms with E-state index in [1.807, 2.05) is 4.58 Å². The van der Waals surface area contributed by atoms with E-state index in [4.69, 9.17) is 4.42 Å². The summed E-state index contributed by atoms with van der Waals surface area (Å²) in [6.45, 7) is 10.9. The van der Waals surface area contributed by atoms with Gasteiger partial charge in [-0.05, 0) is 53.0 Å². The minimum Gasteiger partial charge on any atom is -0.286 e. The number of benzene rings is 4. The third-order valence-electron chi connectivity index (χ3n) is 7.36. The van der Waals surface area contributed by atoms with Crippen molar-refractivity contribution in [3.63, 3.8) is 0 Å². The minimum atomic E-state index is 0.275. The topological polar surface area (TPSA) is 14.3 Å². The monoisotopic (exact) mass is 467 g/mol. The van der Waals surface area contributed by atoms with Crippen molar-refractivity contribution in [1.82, 2.24) is 0 Å². The molecule has 1 aliphatic rings. The maximum Gasteiger partial charge on any atom is 0.278 e. The summed E-state index contributed by atoms with van der Waals surface area (Å²) in [5, 5.41) is 2.32. The molecule has 2 nitrogen and oxygen atoms in total. The van der Waals surface area contributed by atoms with E-state index < -0.39 is 0 Å². The molecular weight excluding hydrogens is 438 g/mol. The van der Waals surface area contributed by atoms with Crippen LogP contribution in [0.25, 0.3) is 33.1 Å². The van der Waals surface area contributed by atoms with Crippen LogP contribution in [0.3, 0.4) is 0 Å². The minimum absolute atomic E-state index is 0.275. The number of fused-ring (bicyclic) bond motifs is 3. The molecule has 1 aromatic heterocycles. The van der Waals surface area contributed by atoms with Crippen LogP contribution in [0.2, 0.25) is 0 Å². The molecule has 2 heteroatoms. The van der Waals surface area contributed by atoms with E-state index >= 15 is 0 Å². The van der Waals surface area contributed by atoms with Crippen molar-refractivity contribution in [2.24, 2.45) is 0 Å². The fourth-order valence-corrected chi connectivity index (χ4v) is 5.41. The molecular formula is C34H29NO. The van der Waals surface area contributed by atoms with Crippen LogP contribution in [0.1, 0.15) is 35.1 Å². The summed E-state index contributed by atoms with van der Waals surface area (Å²) in [7, 11) is 0. The largest absolute Gasteiger partial charge is 0.286 e. The van der Waals surface area contributed by atoms with E-state index in [0.717, 1.165) is 28.2 Å². The Morgan fingerprint density at radius 1 is 0.861 bits per heavy atom. The fourth-order valence-electron chi connectivity index (χ4n) is 5.41. The fraction of sp³-hybridized carbons (Fsp3) is 0.118. The van der Waals surface area contributed by atoms with Gasteiger partial charge in [0.15, 0.2) is 6.04 Å². The second-order valence-electron chi connectivity index (χ2n) is 9.72. The summed E-state index contributed by atoms with van der Waals surface area (Å²) in [6, 6.07) is 31.0. The van der Waals surface area contributed by atoms with Crippen molar-refractivity contribution in [3.05, 3.63) is 137 Å². The van der Waals surface area contributed by atoms with Crippen LogP contribution >= 0.6 is 0 Å². The zero-order valence-electron chi connectivity index (χ0n) is 21.0. The Hall–Kier alpha value is -4.30. The van der Waals surface area contributed by atoms with E-state index in [9.17, 15) is 0 Å². The molecule has 2 heterocycles. The van der Waals surface area contributed by atoms with E-state index in [1.54, 1.807) is 0 Å². The van der Waals surface area contributed by atoms with Gasteiger partial charge in [0.2, 0.25) is 0 Å². The molecule has 0 saturated heterocycles. The lowest BCUT2D eigenvalue weighted by Gasteiger charge is -2.24. The summed E-state index contributed by atoms with van der Waals surface area (Å²) < 4.78 is 8.55. The maximum atomic E-state index is 6.59. The lowest BCUT2D eigenvalue weighted by Crippen LogP contribution is -2.17. The Morgan fingerprint density at radius 3 is 2.33 bits per heavy atom. The normalized spacial score (nSPS) is 14.5. The summed E-state index contributed by atoms with van der Waals surface area (Å²) in [5.74, 6) is 0.275. The van der Waals surface area contributed by atoms with Crippen LogP contribution in [-0.2, 0) is 0 Å². The van der Waals surface area contributed by atoms with Gasteiger partial charge in [-0.1, -0.05) is 103 Å². The number of hydrogen-bond acceptors (Lipinski definition) is 0.